The van der Waals surface area contributed by atoms with E-state index in [2.05, 4.69) is 16.7 Å². The maximum Gasteiger partial charge on any atom is 0.338 e. The Morgan fingerprint density at radius 1 is 1.12 bits per heavy atom. The number of carbonyl (C=O) groups is 2. The second-order valence-corrected chi connectivity index (χ2v) is 4.86. The molecule has 0 aliphatic heterocycles. The van der Waals surface area contributed by atoms with Crippen LogP contribution in [0.3, 0.4) is 0 Å². The molecule has 0 radical (unpaired) electrons. The second-order valence-electron chi connectivity index (χ2n) is 4.86. The van der Waals surface area contributed by atoms with Crippen LogP contribution in [0.5, 0.6) is 0 Å². The van der Waals surface area contributed by atoms with Gasteiger partial charge in [-0.1, -0.05) is 12.1 Å². The smallest absolute Gasteiger partial charge is 0.338 e. The molecule has 2 aromatic carbocycles. The molecule has 122 valence electrons. The first-order valence-corrected chi connectivity index (χ1v) is 7.44. The highest BCUT2D eigenvalue weighted by atomic mass is 16.5. The third-order valence-corrected chi connectivity index (χ3v) is 3.17. The summed E-state index contributed by atoms with van der Waals surface area (Å²) in [5.74, 6) is -0.656. The fraction of sp³-hybridized carbons (Fsp3) is 0.167. The standard InChI is InChI=1S/C18H17N3O3/c1-2-24-18(23)13-7-9-15(10-8-13)21-17(22)12-20-16-6-4-3-5-14(16)11-19/h3-10,20H,2,12H2,1H3,(H,21,22). The predicted octanol–water partition coefficient (Wildman–Crippen LogP) is 2.79. The quantitative estimate of drug-likeness (QED) is 0.798. The van der Waals surface area contributed by atoms with E-state index in [0.29, 0.717) is 29.1 Å². The molecule has 0 atom stereocenters. The molecule has 0 saturated heterocycles. The van der Waals surface area contributed by atoms with Gasteiger partial charge in [-0.05, 0) is 43.3 Å². The van der Waals surface area contributed by atoms with Crippen molar-refractivity contribution < 1.29 is 14.3 Å². The van der Waals surface area contributed by atoms with Gasteiger partial charge in [0.2, 0.25) is 5.91 Å². The van der Waals surface area contributed by atoms with Gasteiger partial charge >= 0.3 is 5.97 Å². The van der Waals surface area contributed by atoms with Crippen LogP contribution in [0.15, 0.2) is 48.5 Å². The van der Waals surface area contributed by atoms with Gasteiger partial charge in [0.25, 0.3) is 0 Å². The number of ether oxygens (including phenoxy) is 1. The number of anilines is 2. The zero-order valence-corrected chi connectivity index (χ0v) is 13.2. The molecule has 0 heterocycles. The Morgan fingerprint density at radius 2 is 1.83 bits per heavy atom. The van der Waals surface area contributed by atoms with Crippen molar-refractivity contribution in [3.8, 4) is 6.07 Å². The number of benzene rings is 2. The minimum atomic E-state index is -0.398. The van der Waals surface area contributed by atoms with Crippen molar-refractivity contribution in [1.29, 1.82) is 5.26 Å². The molecule has 24 heavy (non-hydrogen) atoms. The Morgan fingerprint density at radius 3 is 2.50 bits per heavy atom. The molecule has 2 aromatic rings. The monoisotopic (exact) mass is 323 g/mol. The van der Waals surface area contributed by atoms with Crippen molar-refractivity contribution in [2.75, 3.05) is 23.8 Å². The summed E-state index contributed by atoms with van der Waals surface area (Å²) in [4.78, 5) is 23.5. The number of nitrogens with zero attached hydrogens (tertiary/aromatic N) is 1. The van der Waals surface area contributed by atoms with Crippen molar-refractivity contribution in [1.82, 2.24) is 0 Å². The topological polar surface area (TPSA) is 91.2 Å². The number of carbonyl (C=O) groups excluding carboxylic acids is 2. The summed E-state index contributed by atoms with van der Waals surface area (Å²) < 4.78 is 4.90. The zero-order valence-electron chi connectivity index (χ0n) is 13.2. The molecular weight excluding hydrogens is 306 g/mol. The first-order valence-electron chi connectivity index (χ1n) is 7.44. The molecular formula is C18H17N3O3. The van der Waals surface area contributed by atoms with Crippen LogP contribution in [-0.4, -0.2) is 25.0 Å². The average molecular weight is 323 g/mol. The summed E-state index contributed by atoms with van der Waals surface area (Å²) in [7, 11) is 0. The van der Waals surface area contributed by atoms with Gasteiger partial charge in [-0.3, -0.25) is 4.79 Å². The highest BCUT2D eigenvalue weighted by Gasteiger charge is 2.08. The second kappa shape index (κ2) is 8.34. The molecule has 6 heteroatoms. The minimum Gasteiger partial charge on any atom is -0.462 e. The minimum absolute atomic E-state index is 0.0261. The lowest BCUT2D eigenvalue weighted by Gasteiger charge is -2.09. The van der Waals surface area contributed by atoms with Crippen LogP contribution < -0.4 is 10.6 Å². The Kier molecular flexibility index (Phi) is 5.92. The number of para-hydroxylation sites is 1. The predicted molar refractivity (Wildman–Crippen MR) is 90.7 cm³/mol. The molecule has 2 rings (SSSR count). The van der Waals surface area contributed by atoms with Crippen molar-refractivity contribution in [3.63, 3.8) is 0 Å². The fourth-order valence-electron chi connectivity index (χ4n) is 2.02. The maximum atomic E-state index is 12.0. The van der Waals surface area contributed by atoms with Gasteiger partial charge in [0, 0.05) is 5.69 Å². The van der Waals surface area contributed by atoms with E-state index in [4.69, 9.17) is 10.00 Å². The fourth-order valence-corrected chi connectivity index (χ4v) is 2.02. The first kappa shape index (κ1) is 17.0. The van der Waals surface area contributed by atoms with Crippen LogP contribution in [-0.2, 0) is 9.53 Å². The van der Waals surface area contributed by atoms with Gasteiger partial charge in [0.1, 0.15) is 6.07 Å². The molecule has 0 bridgehead atoms. The van der Waals surface area contributed by atoms with E-state index in [1.165, 1.54) is 0 Å². The molecule has 0 unspecified atom stereocenters. The highest BCUT2D eigenvalue weighted by molar-refractivity contribution is 5.95. The van der Waals surface area contributed by atoms with Crippen LogP contribution in [0.25, 0.3) is 0 Å². The summed E-state index contributed by atoms with van der Waals surface area (Å²) in [5.41, 5.74) is 2.08. The van der Waals surface area contributed by atoms with E-state index in [-0.39, 0.29) is 12.5 Å². The third kappa shape index (κ3) is 4.58. The van der Waals surface area contributed by atoms with E-state index in [1.54, 1.807) is 55.5 Å². The highest BCUT2D eigenvalue weighted by Crippen LogP contribution is 2.14. The number of esters is 1. The molecule has 0 aliphatic carbocycles. The van der Waals surface area contributed by atoms with Crippen LogP contribution in [0.4, 0.5) is 11.4 Å². The van der Waals surface area contributed by atoms with Crippen LogP contribution in [0.1, 0.15) is 22.8 Å². The lowest BCUT2D eigenvalue weighted by atomic mass is 10.2. The Hall–Kier alpha value is -3.33. The van der Waals surface area contributed by atoms with Crippen LogP contribution >= 0.6 is 0 Å². The average Bonchev–Trinajstić information content (AvgIpc) is 2.61. The number of nitrogens with one attached hydrogen (secondary N) is 2. The molecule has 1 amide bonds. The Labute approximate surface area is 140 Å². The van der Waals surface area contributed by atoms with Crippen LogP contribution in [0.2, 0.25) is 0 Å². The van der Waals surface area contributed by atoms with E-state index in [9.17, 15) is 9.59 Å². The third-order valence-electron chi connectivity index (χ3n) is 3.17. The number of hydrogen-bond acceptors (Lipinski definition) is 5. The molecule has 0 spiro atoms. The van der Waals surface area contributed by atoms with Crippen molar-refractivity contribution in [2.24, 2.45) is 0 Å². The molecule has 0 saturated carbocycles. The normalized spacial score (nSPS) is 9.67. The van der Waals surface area contributed by atoms with Gasteiger partial charge < -0.3 is 15.4 Å². The van der Waals surface area contributed by atoms with Gasteiger partial charge in [-0.15, -0.1) is 0 Å². The summed E-state index contributed by atoms with van der Waals surface area (Å²) in [6.07, 6.45) is 0. The Bertz CT molecular complexity index is 764. The van der Waals surface area contributed by atoms with Crippen LogP contribution in [0, 0.1) is 11.3 Å². The molecule has 0 aromatic heterocycles. The summed E-state index contributed by atoms with van der Waals surface area (Å²) in [6.45, 7) is 2.08. The van der Waals surface area contributed by atoms with Gasteiger partial charge in [0.05, 0.1) is 30.0 Å². The van der Waals surface area contributed by atoms with Crippen molar-refractivity contribution >= 4 is 23.3 Å². The van der Waals surface area contributed by atoms with Gasteiger partial charge in [-0.25, -0.2) is 4.79 Å². The molecule has 2 N–H and O–H groups in total. The van der Waals surface area contributed by atoms with Gasteiger partial charge in [0.15, 0.2) is 0 Å². The SMILES string of the molecule is CCOC(=O)c1ccc(NC(=O)CNc2ccccc2C#N)cc1. The van der Waals surface area contributed by atoms with E-state index in [1.807, 2.05) is 0 Å². The van der Waals surface area contributed by atoms with E-state index >= 15 is 0 Å². The molecule has 6 nitrogen and oxygen atoms in total. The largest absolute Gasteiger partial charge is 0.462 e. The van der Waals surface area contributed by atoms with Crippen molar-refractivity contribution in [2.45, 2.75) is 6.92 Å². The first-order chi connectivity index (χ1) is 11.6. The molecule has 0 aliphatic rings. The van der Waals surface area contributed by atoms with E-state index < -0.39 is 5.97 Å². The molecule has 0 fully saturated rings. The number of rotatable bonds is 6. The Balaban J connectivity index is 1.91. The van der Waals surface area contributed by atoms with Crippen molar-refractivity contribution in [3.05, 3.63) is 59.7 Å². The number of amides is 1. The summed E-state index contributed by atoms with van der Waals surface area (Å²) >= 11 is 0. The summed E-state index contributed by atoms with van der Waals surface area (Å²) in [6, 6.07) is 15.5. The lowest BCUT2D eigenvalue weighted by molar-refractivity contribution is -0.114. The van der Waals surface area contributed by atoms with E-state index in [0.717, 1.165) is 0 Å². The maximum absolute atomic E-state index is 12.0. The number of nitriles is 1. The zero-order chi connectivity index (χ0) is 17.4. The lowest BCUT2D eigenvalue weighted by Crippen LogP contribution is -2.22. The summed E-state index contributed by atoms with van der Waals surface area (Å²) in [5, 5.41) is 14.6. The number of hydrogen-bond donors (Lipinski definition) is 2. The van der Waals surface area contributed by atoms with Gasteiger partial charge in [-0.2, -0.15) is 5.26 Å².